The maximum atomic E-state index is 13.5. The normalized spacial score (nSPS) is 24.3. The largest absolute Gasteiger partial charge is 0.466 e. The fourth-order valence-corrected chi connectivity index (χ4v) is 5.25. The van der Waals surface area contributed by atoms with Crippen LogP contribution in [0.2, 0.25) is 0 Å². The molecular formula is C21H24N4O7. The first-order chi connectivity index (χ1) is 15.1. The number of amides is 4. The molecule has 2 fully saturated rings. The van der Waals surface area contributed by atoms with Crippen molar-refractivity contribution in [2.75, 3.05) is 32.1 Å². The number of hydrogen-bond acceptors (Lipinski definition) is 8. The Kier molecular flexibility index (Phi) is 5.14. The minimum Gasteiger partial charge on any atom is -0.466 e. The summed E-state index contributed by atoms with van der Waals surface area (Å²) in [5.74, 6) is -2.21. The average molecular weight is 444 g/mol. The molecule has 0 bridgehead atoms. The van der Waals surface area contributed by atoms with Crippen LogP contribution in [0, 0.1) is 21.4 Å². The Morgan fingerprint density at radius 3 is 2.47 bits per heavy atom. The van der Waals surface area contributed by atoms with Gasteiger partial charge in [0.15, 0.2) is 5.41 Å². The summed E-state index contributed by atoms with van der Waals surface area (Å²) in [6, 6.07) is 2.95. The molecule has 0 aromatic heterocycles. The number of nitro benzene ring substituents is 1. The number of benzene rings is 1. The molecule has 1 aromatic carbocycles. The van der Waals surface area contributed by atoms with Crippen molar-refractivity contribution in [3.8, 4) is 0 Å². The molecule has 4 amide bonds. The van der Waals surface area contributed by atoms with Gasteiger partial charge in [-0.1, -0.05) is 0 Å². The number of non-ortho nitro benzene ring substituents is 1. The smallest absolute Gasteiger partial charge is 0.332 e. The Hall–Kier alpha value is -3.50. The number of rotatable bonds is 3. The molecule has 32 heavy (non-hydrogen) atoms. The summed E-state index contributed by atoms with van der Waals surface area (Å²) in [6.07, 6.45) is 0.553. The van der Waals surface area contributed by atoms with Gasteiger partial charge >= 0.3 is 12.0 Å². The Morgan fingerprint density at radius 1 is 1.22 bits per heavy atom. The van der Waals surface area contributed by atoms with Gasteiger partial charge in [-0.25, -0.2) is 4.79 Å². The van der Waals surface area contributed by atoms with E-state index in [1.54, 1.807) is 13.0 Å². The number of piperidine rings is 1. The highest BCUT2D eigenvalue weighted by molar-refractivity contribution is 6.20. The molecule has 0 N–H and O–H groups in total. The van der Waals surface area contributed by atoms with Crippen molar-refractivity contribution in [2.45, 2.75) is 32.2 Å². The van der Waals surface area contributed by atoms with Crippen LogP contribution in [0.1, 0.15) is 25.3 Å². The number of nitrogens with zero attached hydrogens (tertiary/aromatic N) is 4. The van der Waals surface area contributed by atoms with E-state index < -0.39 is 40.1 Å². The second kappa shape index (κ2) is 7.57. The third kappa shape index (κ3) is 2.94. The molecule has 4 rings (SSSR count). The van der Waals surface area contributed by atoms with Crippen molar-refractivity contribution < 1.29 is 28.8 Å². The number of urea groups is 1. The molecule has 0 saturated carbocycles. The predicted molar refractivity (Wildman–Crippen MR) is 111 cm³/mol. The molecule has 2 saturated heterocycles. The molecule has 3 aliphatic heterocycles. The maximum absolute atomic E-state index is 13.5. The number of barbiturate groups is 1. The van der Waals surface area contributed by atoms with Crippen LogP contribution < -0.4 is 4.90 Å². The van der Waals surface area contributed by atoms with E-state index in [4.69, 9.17) is 4.74 Å². The minimum atomic E-state index is -1.68. The average Bonchev–Trinajstić information content (AvgIpc) is 2.79. The van der Waals surface area contributed by atoms with E-state index in [9.17, 15) is 29.3 Å². The van der Waals surface area contributed by atoms with Gasteiger partial charge < -0.3 is 9.64 Å². The first-order valence-corrected chi connectivity index (χ1v) is 10.4. The van der Waals surface area contributed by atoms with Gasteiger partial charge in [0.1, 0.15) is 0 Å². The molecule has 1 aromatic rings. The van der Waals surface area contributed by atoms with Crippen LogP contribution >= 0.6 is 0 Å². The van der Waals surface area contributed by atoms with Crippen LogP contribution in [0.5, 0.6) is 0 Å². The fraction of sp³-hybridized carbons (Fsp3) is 0.524. The van der Waals surface area contributed by atoms with E-state index >= 15 is 0 Å². The number of carbonyl (C=O) groups excluding carboxylic acids is 4. The maximum Gasteiger partial charge on any atom is 0.332 e. The molecule has 0 radical (unpaired) electrons. The summed E-state index contributed by atoms with van der Waals surface area (Å²) in [5, 5.41) is 11.3. The van der Waals surface area contributed by atoms with Gasteiger partial charge in [0.25, 0.3) is 5.69 Å². The third-order valence-electron chi connectivity index (χ3n) is 6.79. The fourth-order valence-electron chi connectivity index (χ4n) is 5.25. The lowest BCUT2D eigenvalue weighted by Crippen LogP contribution is -2.72. The van der Waals surface area contributed by atoms with Gasteiger partial charge in [0.2, 0.25) is 11.8 Å². The molecule has 3 heterocycles. The molecule has 0 aliphatic carbocycles. The van der Waals surface area contributed by atoms with Crippen molar-refractivity contribution in [1.82, 2.24) is 9.80 Å². The highest BCUT2D eigenvalue weighted by atomic mass is 16.6. The molecule has 2 atom stereocenters. The number of anilines is 1. The lowest BCUT2D eigenvalue weighted by atomic mass is 9.64. The van der Waals surface area contributed by atoms with Gasteiger partial charge in [-0.05, 0) is 31.4 Å². The number of esters is 1. The van der Waals surface area contributed by atoms with Gasteiger partial charge in [0, 0.05) is 44.9 Å². The second-order valence-corrected chi connectivity index (χ2v) is 8.41. The SMILES string of the molecule is CCOC(=O)[C@H]1CCN2c3ccc([N+](=O)[O-])cc3CC3(C(=O)N(C)C(=O)N(C)C3=O)[C@H]2C1. The Morgan fingerprint density at radius 2 is 1.88 bits per heavy atom. The summed E-state index contributed by atoms with van der Waals surface area (Å²) in [7, 11) is 2.63. The predicted octanol–water partition coefficient (Wildman–Crippen LogP) is 1.34. The molecule has 11 nitrogen and oxygen atoms in total. The van der Waals surface area contributed by atoms with Gasteiger partial charge in [-0.15, -0.1) is 0 Å². The zero-order valence-electron chi connectivity index (χ0n) is 18.1. The van der Waals surface area contributed by atoms with Crippen LogP contribution in [0.15, 0.2) is 18.2 Å². The zero-order valence-corrected chi connectivity index (χ0v) is 18.1. The van der Waals surface area contributed by atoms with Crippen molar-refractivity contribution in [2.24, 2.45) is 11.3 Å². The minimum absolute atomic E-state index is 0.0969. The topological polar surface area (TPSA) is 130 Å². The zero-order chi connectivity index (χ0) is 23.4. The number of imide groups is 2. The molecule has 11 heteroatoms. The first-order valence-electron chi connectivity index (χ1n) is 10.4. The number of carbonyl (C=O) groups is 4. The molecule has 3 aliphatic rings. The highest BCUT2D eigenvalue weighted by Crippen LogP contribution is 2.50. The number of fused-ring (bicyclic) bond motifs is 4. The second-order valence-electron chi connectivity index (χ2n) is 8.41. The number of nitro groups is 1. The lowest BCUT2D eigenvalue weighted by Gasteiger charge is -2.55. The molecular weight excluding hydrogens is 420 g/mol. The summed E-state index contributed by atoms with van der Waals surface area (Å²) in [5.41, 5.74) is -0.642. The summed E-state index contributed by atoms with van der Waals surface area (Å²) >= 11 is 0. The quantitative estimate of drug-likeness (QED) is 0.295. The van der Waals surface area contributed by atoms with Crippen molar-refractivity contribution in [3.63, 3.8) is 0 Å². The van der Waals surface area contributed by atoms with Crippen LogP contribution in [0.3, 0.4) is 0 Å². The van der Waals surface area contributed by atoms with Gasteiger partial charge in [-0.3, -0.25) is 34.3 Å². The monoisotopic (exact) mass is 444 g/mol. The van der Waals surface area contributed by atoms with Crippen molar-refractivity contribution in [1.29, 1.82) is 0 Å². The van der Waals surface area contributed by atoms with Gasteiger partial charge in [-0.2, -0.15) is 0 Å². The number of hydrogen-bond donors (Lipinski definition) is 0. The highest BCUT2D eigenvalue weighted by Gasteiger charge is 2.64. The van der Waals surface area contributed by atoms with Crippen molar-refractivity contribution >= 4 is 35.2 Å². The lowest BCUT2D eigenvalue weighted by molar-refractivity contribution is -0.384. The molecule has 170 valence electrons. The van der Waals surface area contributed by atoms with Crippen LogP contribution in [0.4, 0.5) is 16.2 Å². The Balaban J connectivity index is 1.87. The summed E-state index contributed by atoms with van der Waals surface area (Å²) < 4.78 is 5.18. The standard InChI is InChI=1S/C21H24N4O7/c1-4-32-17(26)12-7-8-24-15-6-5-14(25(30)31)9-13(15)11-21(16(24)10-12)18(27)22(2)20(29)23(3)19(21)28/h5-6,9,12,16H,4,7-8,10-11H2,1-3H3/t12-,16+/m0/s1. The van der Waals surface area contributed by atoms with Crippen LogP contribution in [-0.4, -0.2) is 71.8 Å². The van der Waals surface area contributed by atoms with E-state index in [1.165, 1.54) is 26.2 Å². The molecule has 1 spiro atoms. The van der Waals surface area contributed by atoms with E-state index in [1.807, 2.05) is 4.90 Å². The summed E-state index contributed by atoms with van der Waals surface area (Å²) in [6.45, 7) is 2.30. The van der Waals surface area contributed by atoms with Crippen molar-refractivity contribution in [3.05, 3.63) is 33.9 Å². The van der Waals surface area contributed by atoms with Crippen LogP contribution in [-0.2, 0) is 25.5 Å². The van der Waals surface area contributed by atoms with E-state index in [0.29, 0.717) is 24.2 Å². The molecule has 0 unspecified atom stereocenters. The van der Waals surface area contributed by atoms with E-state index in [0.717, 1.165) is 9.80 Å². The first kappa shape index (κ1) is 21.7. The number of ether oxygens (including phenoxy) is 1. The van der Waals surface area contributed by atoms with Crippen LogP contribution in [0.25, 0.3) is 0 Å². The Bertz CT molecular complexity index is 1010. The van der Waals surface area contributed by atoms with Gasteiger partial charge in [0.05, 0.1) is 23.5 Å². The summed E-state index contributed by atoms with van der Waals surface area (Å²) in [4.78, 5) is 66.5. The van der Waals surface area contributed by atoms with E-state index in [-0.39, 0.29) is 31.1 Å². The van der Waals surface area contributed by atoms with E-state index in [2.05, 4.69) is 0 Å². The Labute approximate surface area is 184 Å². The third-order valence-corrected chi connectivity index (χ3v) is 6.79.